The zero-order chi connectivity index (χ0) is 15.1. The molecule has 0 amide bonds. The second-order valence-corrected chi connectivity index (χ2v) is 6.79. The Hall–Kier alpha value is -0.860. The second-order valence-electron chi connectivity index (χ2n) is 6.79. The molecule has 0 radical (unpaired) electrons. The maximum absolute atomic E-state index is 3.72. The summed E-state index contributed by atoms with van der Waals surface area (Å²) in [6, 6.07) is 9.48. The van der Waals surface area contributed by atoms with Crippen molar-refractivity contribution in [3.63, 3.8) is 0 Å². The number of likely N-dealkylation sites (N-methyl/N-ethyl adjacent to an activating group) is 1. The minimum Gasteiger partial charge on any atom is -0.309 e. The summed E-state index contributed by atoms with van der Waals surface area (Å²) in [4.78, 5) is 2.53. The van der Waals surface area contributed by atoms with E-state index in [4.69, 9.17) is 0 Å². The molecule has 1 aliphatic carbocycles. The van der Waals surface area contributed by atoms with Crippen LogP contribution in [0.15, 0.2) is 24.3 Å². The topological polar surface area (TPSA) is 15.3 Å². The molecule has 0 bridgehead atoms. The van der Waals surface area contributed by atoms with Crippen molar-refractivity contribution in [3.8, 4) is 0 Å². The van der Waals surface area contributed by atoms with Crippen molar-refractivity contribution in [2.75, 3.05) is 26.7 Å². The highest BCUT2D eigenvalue weighted by Gasteiger charge is 2.19. The fourth-order valence-electron chi connectivity index (χ4n) is 3.43. The van der Waals surface area contributed by atoms with Crippen LogP contribution >= 0.6 is 0 Å². The van der Waals surface area contributed by atoms with Crippen LogP contribution in [0.4, 0.5) is 0 Å². The number of hydrogen-bond donors (Lipinski definition) is 1. The van der Waals surface area contributed by atoms with Crippen molar-refractivity contribution in [2.24, 2.45) is 5.92 Å². The van der Waals surface area contributed by atoms with Crippen LogP contribution in [-0.4, -0.2) is 31.6 Å². The quantitative estimate of drug-likeness (QED) is 0.773. The van der Waals surface area contributed by atoms with Gasteiger partial charge in [0.1, 0.15) is 0 Å². The van der Waals surface area contributed by atoms with Crippen molar-refractivity contribution in [1.82, 2.24) is 10.2 Å². The molecule has 1 unspecified atom stereocenters. The smallest absolute Gasteiger partial charge is 0.0449 e. The molecule has 1 fully saturated rings. The van der Waals surface area contributed by atoms with Crippen LogP contribution < -0.4 is 5.32 Å². The SMILES string of the molecule is CCCNC(CN(C)CC1CCCC1)c1ccc(C)cc1. The van der Waals surface area contributed by atoms with Gasteiger partial charge in [0.15, 0.2) is 0 Å². The predicted octanol–water partition coefficient (Wildman–Crippen LogP) is 4.16. The summed E-state index contributed by atoms with van der Waals surface area (Å²) in [7, 11) is 2.28. The first-order valence-corrected chi connectivity index (χ1v) is 8.67. The van der Waals surface area contributed by atoms with E-state index in [1.807, 2.05) is 0 Å². The average Bonchev–Trinajstić information content (AvgIpc) is 2.97. The summed E-state index contributed by atoms with van der Waals surface area (Å²) in [5.74, 6) is 0.930. The van der Waals surface area contributed by atoms with Crippen LogP contribution in [0.5, 0.6) is 0 Å². The van der Waals surface area contributed by atoms with Gasteiger partial charge in [-0.25, -0.2) is 0 Å². The monoisotopic (exact) mass is 288 g/mol. The zero-order valence-electron chi connectivity index (χ0n) is 14.1. The molecule has 0 aromatic heterocycles. The summed E-state index contributed by atoms with van der Waals surface area (Å²) in [5, 5.41) is 3.72. The van der Waals surface area contributed by atoms with Crippen molar-refractivity contribution < 1.29 is 0 Å². The molecule has 0 saturated heterocycles. The number of nitrogens with one attached hydrogen (secondary N) is 1. The van der Waals surface area contributed by atoms with Crippen LogP contribution in [0.1, 0.15) is 56.2 Å². The molecular formula is C19H32N2. The molecule has 1 atom stereocenters. The number of hydrogen-bond acceptors (Lipinski definition) is 2. The minimum absolute atomic E-state index is 0.456. The third-order valence-electron chi connectivity index (χ3n) is 4.66. The van der Waals surface area contributed by atoms with Gasteiger partial charge in [-0.05, 0) is 51.3 Å². The van der Waals surface area contributed by atoms with Crippen LogP contribution in [-0.2, 0) is 0 Å². The Morgan fingerprint density at radius 3 is 2.48 bits per heavy atom. The van der Waals surface area contributed by atoms with Gasteiger partial charge in [0.05, 0.1) is 0 Å². The van der Waals surface area contributed by atoms with E-state index in [-0.39, 0.29) is 0 Å². The summed E-state index contributed by atoms with van der Waals surface area (Å²) in [5.41, 5.74) is 2.76. The predicted molar refractivity (Wildman–Crippen MR) is 91.7 cm³/mol. The van der Waals surface area contributed by atoms with Crippen LogP contribution in [0.3, 0.4) is 0 Å². The first kappa shape index (κ1) is 16.5. The summed E-state index contributed by atoms with van der Waals surface area (Å²) < 4.78 is 0. The molecule has 1 aliphatic rings. The molecule has 1 saturated carbocycles. The van der Waals surface area contributed by atoms with Crippen molar-refractivity contribution in [3.05, 3.63) is 35.4 Å². The fraction of sp³-hybridized carbons (Fsp3) is 0.684. The van der Waals surface area contributed by atoms with Gasteiger partial charge in [0.25, 0.3) is 0 Å². The Morgan fingerprint density at radius 2 is 1.86 bits per heavy atom. The highest BCUT2D eigenvalue weighted by atomic mass is 15.1. The second kappa shape index (κ2) is 8.55. The third-order valence-corrected chi connectivity index (χ3v) is 4.66. The van der Waals surface area contributed by atoms with Gasteiger partial charge in [-0.2, -0.15) is 0 Å². The lowest BCUT2D eigenvalue weighted by molar-refractivity contribution is 0.249. The van der Waals surface area contributed by atoms with E-state index in [0.29, 0.717) is 6.04 Å². The van der Waals surface area contributed by atoms with E-state index >= 15 is 0 Å². The first-order chi connectivity index (χ1) is 10.2. The molecule has 0 spiro atoms. The average molecular weight is 288 g/mol. The fourth-order valence-corrected chi connectivity index (χ4v) is 3.43. The first-order valence-electron chi connectivity index (χ1n) is 8.67. The maximum Gasteiger partial charge on any atom is 0.0449 e. The van der Waals surface area contributed by atoms with Crippen molar-refractivity contribution >= 4 is 0 Å². The van der Waals surface area contributed by atoms with Gasteiger partial charge < -0.3 is 10.2 Å². The van der Waals surface area contributed by atoms with E-state index in [1.54, 1.807) is 0 Å². The van der Waals surface area contributed by atoms with Crippen LogP contribution in [0, 0.1) is 12.8 Å². The largest absolute Gasteiger partial charge is 0.309 e. The standard InChI is InChI=1S/C19H32N2/c1-4-13-20-19(18-11-9-16(2)10-12-18)15-21(3)14-17-7-5-6-8-17/h9-12,17,19-20H,4-8,13-15H2,1-3H3. The molecule has 2 heteroatoms. The van der Waals surface area contributed by atoms with E-state index in [0.717, 1.165) is 19.0 Å². The molecule has 21 heavy (non-hydrogen) atoms. The van der Waals surface area contributed by atoms with Gasteiger partial charge >= 0.3 is 0 Å². The van der Waals surface area contributed by atoms with Crippen molar-refractivity contribution in [2.45, 2.75) is 52.0 Å². The summed E-state index contributed by atoms with van der Waals surface area (Å²) in [6.07, 6.45) is 6.93. The minimum atomic E-state index is 0.456. The van der Waals surface area contributed by atoms with E-state index < -0.39 is 0 Å². The van der Waals surface area contributed by atoms with E-state index in [1.165, 1.54) is 49.8 Å². The summed E-state index contributed by atoms with van der Waals surface area (Å²) in [6.45, 7) is 7.86. The molecule has 1 aromatic carbocycles. The maximum atomic E-state index is 3.72. The van der Waals surface area contributed by atoms with Crippen molar-refractivity contribution in [1.29, 1.82) is 0 Å². The van der Waals surface area contributed by atoms with Gasteiger partial charge in [-0.1, -0.05) is 49.6 Å². The lowest BCUT2D eigenvalue weighted by atomic mass is 10.0. The highest BCUT2D eigenvalue weighted by molar-refractivity contribution is 5.24. The van der Waals surface area contributed by atoms with E-state index in [9.17, 15) is 0 Å². The van der Waals surface area contributed by atoms with Gasteiger partial charge in [0, 0.05) is 19.1 Å². The van der Waals surface area contributed by atoms with Gasteiger partial charge in [-0.3, -0.25) is 0 Å². The number of aryl methyl sites for hydroxylation is 1. The Labute approximate surface area is 130 Å². The lowest BCUT2D eigenvalue weighted by Gasteiger charge is -2.27. The van der Waals surface area contributed by atoms with Gasteiger partial charge in [0.2, 0.25) is 0 Å². The summed E-state index contributed by atoms with van der Waals surface area (Å²) >= 11 is 0. The van der Waals surface area contributed by atoms with Gasteiger partial charge in [-0.15, -0.1) is 0 Å². The molecule has 0 heterocycles. The molecule has 2 rings (SSSR count). The number of rotatable bonds is 8. The zero-order valence-corrected chi connectivity index (χ0v) is 14.1. The molecule has 118 valence electrons. The molecule has 0 aliphatic heterocycles. The molecule has 1 aromatic rings. The Bertz CT molecular complexity index is 393. The highest BCUT2D eigenvalue weighted by Crippen LogP contribution is 2.25. The normalized spacial score (nSPS) is 17.5. The third kappa shape index (κ3) is 5.44. The lowest BCUT2D eigenvalue weighted by Crippen LogP contribution is -2.35. The van der Waals surface area contributed by atoms with E-state index in [2.05, 4.69) is 55.4 Å². The Balaban J connectivity index is 1.92. The number of benzene rings is 1. The van der Waals surface area contributed by atoms with Crippen LogP contribution in [0.2, 0.25) is 0 Å². The Morgan fingerprint density at radius 1 is 1.19 bits per heavy atom. The molecule has 1 N–H and O–H groups in total. The van der Waals surface area contributed by atoms with Crippen LogP contribution in [0.25, 0.3) is 0 Å². The Kier molecular flexibility index (Phi) is 6.72. The number of nitrogens with zero attached hydrogens (tertiary/aromatic N) is 1. The molecular weight excluding hydrogens is 256 g/mol. The molecule has 2 nitrogen and oxygen atoms in total.